The van der Waals surface area contributed by atoms with E-state index in [0.29, 0.717) is 13.1 Å². The number of rotatable bonds is 7. The first kappa shape index (κ1) is 16.9. The highest BCUT2D eigenvalue weighted by Gasteiger charge is 2.11. The van der Waals surface area contributed by atoms with Crippen molar-refractivity contribution in [1.29, 1.82) is 0 Å². The van der Waals surface area contributed by atoms with Gasteiger partial charge in [-0.25, -0.2) is 4.79 Å². The third-order valence-electron chi connectivity index (χ3n) is 2.62. The largest absolute Gasteiger partial charge is 0.478 e. The number of halogens is 2. The topological polar surface area (TPSA) is 40.5 Å². The van der Waals surface area contributed by atoms with Gasteiger partial charge in [0.25, 0.3) is 0 Å². The Bertz CT molecular complexity index is 445. The molecule has 1 N–H and O–H groups in total. The van der Waals surface area contributed by atoms with Crippen LogP contribution in [0.4, 0.5) is 5.69 Å². The lowest BCUT2D eigenvalue weighted by Gasteiger charge is -2.27. The maximum Gasteiger partial charge on any atom is 0.328 e. The summed E-state index contributed by atoms with van der Waals surface area (Å²) in [5.41, 5.74) is 1.87. The first-order valence-electron chi connectivity index (χ1n) is 6.42. The Balaban J connectivity index is 2.83. The molecule has 0 heterocycles. The van der Waals surface area contributed by atoms with Gasteiger partial charge in [0.15, 0.2) is 0 Å². The van der Waals surface area contributed by atoms with Crippen molar-refractivity contribution in [3.63, 3.8) is 0 Å². The molecule has 1 aromatic carbocycles. The maximum atomic E-state index is 10.5. The summed E-state index contributed by atoms with van der Waals surface area (Å²) in [5, 5.41) is 8.64. The minimum atomic E-state index is -0.956. The first-order chi connectivity index (χ1) is 9.38. The zero-order valence-electron chi connectivity index (χ0n) is 11.6. The molecule has 0 aliphatic rings. The standard InChI is InChI=1S/C15H19Cl2NO2/c1-11(16)9-18(10-12(2)17)14-6-3-13(4-7-14)5-8-15(19)20/h3-8,11-12H,9-10H2,1-2H3,(H,19,20)/b8-5-. The Labute approximate surface area is 129 Å². The summed E-state index contributed by atoms with van der Waals surface area (Å²) in [6.45, 7) is 5.31. The Hall–Kier alpha value is -1.19. The van der Waals surface area contributed by atoms with Gasteiger partial charge >= 0.3 is 5.97 Å². The summed E-state index contributed by atoms with van der Waals surface area (Å²) < 4.78 is 0. The van der Waals surface area contributed by atoms with Crippen LogP contribution in [0, 0.1) is 0 Å². The number of anilines is 1. The summed E-state index contributed by atoms with van der Waals surface area (Å²) in [5.74, 6) is -0.956. The van der Waals surface area contributed by atoms with Crippen molar-refractivity contribution in [1.82, 2.24) is 0 Å². The van der Waals surface area contributed by atoms with E-state index in [1.54, 1.807) is 6.08 Å². The Morgan fingerprint density at radius 3 is 2.10 bits per heavy atom. The lowest BCUT2D eigenvalue weighted by molar-refractivity contribution is -0.131. The lowest BCUT2D eigenvalue weighted by atomic mass is 10.1. The van der Waals surface area contributed by atoms with E-state index in [9.17, 15) is 4.79 Å². The molecule has 0 saturated heterocycles. The smallest absolute Gasteiger partial charge is 0.328 e. The molecular weight excluding hydrogens is 297 g/mol. The number of aliphatic carboxylic acids is 1. The van der Waals surface area contributed by atoms with E-state index in [4.69, 9.17) is 28.3 Å². The predicted molar refractivity (Wildman–Crippen MR) is 86.0 cm³/mol. The van der Waals surface area contributed by atoms with Crippen molar-refractivity contribution < 1.29 is 9.90 Å². The molecule has 3 nitrogen and oxygen atoms in total. The summed E-state index contributed by atoms with van der Waals surface area (Å²) in [4.78, 5) is 12.6. The number of hydrogen-bond donors (Lipinski definition) is 1. The van der Waals surface area contributed by atoms with Crippen molar-refractivity contribution in [3.8, 4) is 0 Å². The molecule has 2 atom stereocenters. The molecule has 0 radical (unpaired) electrons. The zero-order valence-corrected chi connectivity index (χ0v) is 13.1. The van der Waals surface area contributed by atoms with E-state index < -0.39 is 5.97 Å². The van der Waals surface area contributed by atoms with E-state index >= 15 is 0 Å². The quantitative estimate of drug-likeness (QED) is 0.614. The Morgan fingerprint density at radius 1 is 1.20 bits per heavy atom. The van der Waals surface area contributed by atoms with Crippen molar-refractivity contribution in [2.24, 2.45) is 0 Å². The predicted octanol–water partition coefficient (Wildman–Crippen LogP) is 3.85. The number of nitrogens with zero attached hydrogens (tertiary/aromatic N) is 1. The molecular formula is C15H19Cl2NO2. The summed E-state index contributed by atoms with van der Waals surface area (Å²) in [7, 11) is 0. The fourth-order valence-electron chi connectivity index (χ4n) is 1.86. The molecule has 110 valence electrons. The molecule has 1 aromatic rings. The average Bonchev–Trinajstić information content (AvgIpc) is 2.35. The first-order valence-corrected chi connectivity index (χ1v) is 7.30. The molecule has 0 bridgehead atoms. The maximum absolute atomic E-state index is 10.5. The van der Waals surface area contributed by atoms with Gasteiger partial charge in [-0.15, -0.1) is 23.2 Å². The second-order valence-corrected chi connectivity index (χ2v) is 6.22. The third-order valence-corrected chi connectivity index (χ3v) is 2.90. The van der Waals surface area contributed by atoms with Crippen LogP contribution < -0.4 is 4.90 Å². The number of carbonyl (C=O) groups is 1. The molecule has 0 aromatic heterocycles. The second kappa shape index (κ2) is 8.18. The highest BCUT2D eigenvalue weighted by molar-refractivity contribution is 6.21. The molecule has 0 aliphatic heterocycles. The fraction of sp³-hybridized carbons (Fsp3) is 0.400. The van der Waals surface area contributed by atoms with Crippen LogP contribution >= 0.6 is 23.2 Å². The van der Waals surface area contributed by atoms with Crippen LogP contribution in [0.15, 0.2) is 30.3 Å². The van der Waals surface area contributed by atoms with Gasteiger partial charge in [-0.1, -0.05) is 12.1 Å². The van der Waals surface area contributed by atoms with Gasteiger partial charge in [0.1, 0.15) is 0 Å². The Kier molecular flexibility index (Phi) is 6.89. The average molecular weight is 316 g/mol. The molecule has 0 saturated carbocycles. The number of benzene rings is 1. The second-order valence-electron chi connectivity index (χ2n) is 4.73. The minimum absolute atomic E-state index is 0.0250. The monoisotopic (exact) mass is 315 g/mol. The minimum Gasteiger partial charge on any atom is -0.478 e. The highest BCUT2D eigenvalue weighted by atomic mass is 35.5. The van der Waals surface area contributed by atoms with Gasteiger partial charge in [0.2, 0.25) is 0 Å². The molecule has 0 aliphatic carbocycles. The molecule has 5 heteroatoms. The van der Waals surface area contributed by atoms with Crippen molar-refractivity contribution in [2.75, 3.05) is 18.0 Å². The van der Waals surface area contributed by atoms with Gasteiger partial charge in [0.05, 0.1) is 0 Å². The molecule has 2 unspecified atom stereocenters. The van der Waals surface area contributed by atoms with E-state index in [1.807, 2.05) is 38.1 Å². The van der Waals surface area contributed by atoms with E-state index in [-0.39, 0.29) is 10.8 Å². The van der Waals surface area contributed by atoms with Crippen molar-refractivity contribution in [3.05, 3.63) is 35.9 Å². The van der Waals surface area contributed by atoms with Crippen LogP contribution in [0.2, 0.25) is 0 Å². The van der Waals surface area contributed by atoms with Crippen LogP contribution in [0.3, 0.4) is 0 Å². The molecule has 1 rings (SSSR count). The van der Waals surface area contributed by atoms with Gasteiger partial charge in [-0.3, -0.25) is 0 Å². The Morgan fingerprint density at radius 2 is 1.70 bits per heavy atom. The lowest BCUT2D eigenvalue weighted by Crippen LogP contribution is -2.33. The highest BCUT2D eigenvalue weighted by Crippen LogP contribution is 2.18. The van der Waals surface area contributed by atoms with Gasteiger partial charge < -0.3 is 10.0 Å². The number of hydrogen-bond acceptors (Lipinski definition) is 2. The fourth-order valence-corrected chi connectivity index (χ4v) is 2.19. The summed E-state index contributed by atoms with van der Waals surface area (Å²) in [6, 6.07) is 7.64. The van der Waals surface area contributed by atoms with E-state index in [0.717, 1.165) is 17.3 Å². The van der Waals surface area contributed by atoms with Crippen LogP contribution in [0.1, 0.15) is 19.4 Å². The van der Waals surface area contributed by atoms with Crippen LogP contribution in [0.5, 0.6) is 0 Å². The zero-order chi connectivity index (χ0) is 15.1. The summed E-state index contributed by atoms with van der Waals surface area (Å²) in [6.07, 6.45) is 2.68. The van der Waals surface area contributed by atoms with Crippen molar-refractivity contribution in [2.45, 2.75) is 24.6 Å². The van der Waals surface area contributed by atoms with Crippen molar-refractivity contribution >= 4 is 40.9 Å². The molecule has 0 fully saturated rings. The van der Waals surface area contributed by atoms with Gasteiger partial charge in [0, 0.05) is 35.6 Å². The normalized spacial score (nSPS) is 14.2. The van der Waals surface area contributed by atoms with Gasteiger partial charge in [-0.2, -0.15) is 0 Å². The van der Waals surface area contributed by atoms with E-state index in [2.05, 4.69) is 4.90 Å². The third kappa shape index (κ3) is 6.31. The number of carboxylic acids is 1. The van der Waals surface area contributed by atoms with Crippen LogP contribution in [-0.2, 0) is 4.79 Å². The van der Waals surface area contributed by atoms with Crippen LogP contribution in [-0.4, -0.2) is 34.9 Å². The van der Waals surface area contributed by atoms with Crippen LogP contribution in [0.25, 0.3) is 6.08 Å². The molecule has 0 amide bonds. The van der Waals surface area contributed by atoms with Gasteiger partial charge in [-0.05, 0) is 37.6 Å². The molecule has 0 spiro atoms. The number of alkyl halides is 2. The number of carboxylic acid groups (broad SMARTS) is 1. The summed E-state index contributed by atoms with van der Waals surface area (Å²) >= 11 is 12.1. The SMILES string of the molecule is CC(Cl)CN(CC(C)Cl)c1ccc(/C=C\C(=O)O)cc1. The molecule has 20 heavy (non-hydrogen) atoms. The van der Waals surface area contributed by atoms with E-state index in [1.165, 1.54) is 0 Å².